The van der Waals surface area contributed by atoms with E-state index in [2.05, 4.69) is 10.6 Å². The summed E-state index contributed by atoms with van der Waals surface area (Å²) in [6, 6.07) is 6.45. The van der Waals surface area contributed by atoms with Crippen molar-refractivity contribution in [3.05, 3.63) is 73.7 Å². The highest BCUT2D eigenvalue weighted by molar-refractivity contribution is 5.98. The number of halogens is 1. The molecule has 1 aromatic heterocycles. The van der Waals surface area contributed by atoms with Crippen molar-refractivity contribution in [3.8, 4) is 0 Å². The topological polar surface area (TPSA) is 118 Å². The van der Waals surface area contributed by atoms with E-state index in [0.29, 0.717) is 30.9 Å². The van der Waals surface area contributed by atoms with Gasteiger partial charge in [-0.15, -0.1) is 0 Å². The van der Waals surface area contributed by atoms with Crippen LogP contribution >= 0.6 is 0 Å². The third kappa shape index (κ3) is 4.07. The fourth-order valence-corrected chi connectivity index (χ4v) is 4.10. The Morgan fingerprint density at radius 1 is 1.18 bits per heavy atom. The Bertz CT molecular complexity index is 1320. The molecule has 4 rings (SSSR count). The van der Waals surface area contributed by atoms with E-state index in [1.165, 1.54) is 30.2 Å². The number of methoxy groups -OCH3 is 1. The molecule has 2 atom stereocenters. The predicted octanol–water partition coefficient (Wildman–Crippen LogP) is 3.02. The Hall–Kier alpha value is -3.95. The summed E-state index contributed by atoms with van der Waals surface area (Å²) in [6.07, 6.45) is 1.03. The standard InChI is InChI=1S/C24H24FN3O6/c1-12-9-10-17(34-12)13(2)26-19-20(22(30)21(19)29)27-15-7-4-6-14(18(15)25)23(31)28-11-5-8-16(28)24(32)33-3/h4,6-7,9-10,13,16,26-27H,5,8,11H2,1-3H3/t13?,16-/m0/s1. The summed E-state index contributed by atoms with van der Waals surface area (Å²) >= 11 is 0. The van der Waals surface area contributed by atoms with Gasteiger partial charge in [0.05, 0.1) is 24.4 Å². The van der Waals surface area contributed by atoms with E-state index in [9.17, 15) is 19.2 Å². The number of amides is 1. The molecule has 0 saturated carbocycles. The van der Waals surface area contributed by atoms with Crippen molar-refractivity contribution in [3.63, 3.8) is 0 Å². The zero-order valence-corrected chi connectivity index (χ0v) is 18.9. The van der Waals surface area contributed by atoms with Gasteiger partial charge in [-0.1, -0.05) is 6.07 Å². The van der Waals surface area contributed by atoms with E-state index in [1.54, 1.807) is 26.0 Å². The number of nitrogens with one attached hydrogen (secondary N) is 2. The summed E-state index contributed by atoms with van der Waals surface area (Å²) in [5.74, 6) is -0.833. The van der Waals surface area contributed by atoms with Crippen LogP contribution in [0.3, 0.4) is 0 Å². The fourth-order valence-electron chi connectivity index (χ4n) is 4.10. The Morgan fingerprint density at radius 2 is 1.91 bits per heavy atom. The molecule has 0 spiro atoms. The summed E-state index contributed by atoms with van der Waals surface area (Å²) in [7, 11) is 1.23. The molecule has 0 bridgehead atoms. The summed E-state index contributed by atoms with van der Waals surface area (Å²) in [6.45, 7) is 3.84. The van der Waals surface area contributed by atoms with E-state index >= 15 is 4.39 Å². The van der Waals surface area contributed by atoms with Crippen molar-refractivity contribution in [1.82, 2.24) is 4.90 Å². The van der Waals surface area contributed by atoms with Gasteiger partial charge in [-0.25, -0.2) is 9.18 Å². The van der Waals surface area contributed by atoms with Gasteiger partial charge in [-0.2, -0.15) is 0 Å². The number of benzene rings is 1. The third-order valence-corrected chi connectivity index (χ3v) is 5.93. The molecule has 1 saturated heterocycles. The van der Waals surface area contributed by atoms with Crippen LogP contribution in [0, 0.1) is 12.7 Å². The number of rotatable bonds is 7. The van der Waals surface area contributed by atoms with Gasteiger partial charge in [-0.05, 0) is 51.0 Å². The molecule has 34 heavy (non-hydrogen) atoms. The summed E-state index contributed by atoms with van der Waals surface area (Å²) < 4.78 is 25.6. The number of carbonyl (C=O) groups excluding carboxylic acids is 2. The quantitative estimate of drug-likeness (QED) is 0.401. The van der Waals surface area contributed by atoms with Crippen LogP contribution in [-0.4, -0.2) is 36.5 Å². The molecule has 3 aromatic rings. The number of likely N-dealkylation sites (tertiary alicyclic amines) is 1. The van der Waals surface area contributed by atoms with Crippen LogP contribution in [0.15, 0.2) is 44.3 Å². The van der Waals surface area contributed by atoms with Crippen molar-refractivity contribution in [2.24, 2.45) is 0 Å². The molecule has 2 N–H and O–H groups in total. The molecule has 1 amide bonds. The first-order chi connectivity index (χ1) is 16.2. The van der Waals surface area contributed by atoms with Gasteiger partial charge >= 0.3 is 5.97 Å². The molecular weight excluding hydrogens is 445 g/mol. The zero-order valence-electron chi connectivity index (χ0n) is 18.9. The van der Waals surface area contributed by atoms with Crippen LogP contribution in [-0.2, 0) is 9.53 Å². The van der Waals surface area contributed by atoms with E-state index in [1.807, 2.05) is 0 Å². The van der Waals surface area contributed by atoms with Gasteiger partial charge in [0.15, 0.2) is 5.82 Å². The molecular formula is C24H24FN3O6. The molecule has 1 unspecified atom stereocenters. The van der Waals surface area contributed by atoms with Crippen LogP contribution in [0.2, 0.25) is 0 Å². The lowest BCUT2D eigenvalue weighted by atomic mass is 10.1. The Balaban J connectivity index is 1.57. The number of hydrogen-bond acceptors (Lipinski definition) is 8. The van der Waals surface area contributed by atoms with Crippen LogP contribution in [0.5, 0.6) is 0 Å². The summed E-state index contributed by atoms with van der Waals surface area (Å²) in [4.78, 5) is 50.6. The van der Waals surface area contributed by atoms with Crippen LogP contribution < -0.4 is 21.5 Å². The number of anilines is 3. The van der Waals surface area contributed by atoms with Crippen molar-refractivity contribution in [2.75, 3.05) is 24.3 Å². The largest absolute Gasteiger partial charge is 0.467 e. The maximum absolute atomic E-state index is 15.3. The second-order valence-electron chi connectivity index (χ2n) is 8.19. The van der Waals surface area contributed by atoms with Crippen molar-refractivity contribution in [1.29, 1.82) is 0 Å². The molecule has 0 aliphatic carbocycles. The van der Waals surface area contributed by atoms with Crippen molar-refractivity contribution < 1.29 is 23.1 Å². The molecule has 2 aromatic carbocycles. The van der Waals surface area contributed by atoms with Crippen LogP contribution in [0.25, 0.3) is 0 Å². The average molecular weight is 469 g/mol. The normalized spacial score (nSPS) is 16.5. The predicted molar refractivity (Wildman–Crippen MR) is 123 cm³/mol. The van der Waals surface area contributed by atoms with Crippen LogP contribution in [0.1, 0.15) is 47.7 Å². The highest BCUT2D eigenvalue weighted by Gasteiger charge is 2.36. The highest BCUT2D eigenvalue weighted by atomic mass is 19.1. The molecule has 1 fully saturated rings. The van der Waals surface area contributed by atoms with Gasteiger partial charge in [0.25, 0.3) is 16.8 Å². The number of aryl methyl sites for hydroxylation is 1. The number of furan rings is 1. The van der Waals surface area contributed by atoms with Gasteiger partial charge in [-0.3, -0.25) is 14.4 Å². The lowest BCUT2D eigenvalue weighted by molar-refractivity contribution is -0.145. The molecule has 2 heterocycles. The first kappa shape index (κ1) is 23.2. The van der Waals surface area contributed by atoms with E-state index in [-0.39, 0.29) is 22.6 Å². The Morgan fingerprint density at radius 3 is 2.59 bits per heavy atom. The SMILES string of the molecule is COC(=O)[C@@H]1CCCN1C(=O)c1cccc(Nc2c(NC(C)c3ccc(C)o3)c(=O)c2=O)c1F. The van der Waals surface area contributed by atoms with Crippen molar-refractivity contribution in [2.45, 2.75) is 38.8 Å². The molecule has 9 nitrogen and oxygen atoms in total. The van der Waals surface area contributed by atoms with E-state index < -0.39 is 40.6 Å². The fraction of sp³-hybridized carbons (Fsp3) is 0.333. The lowest BCUT2D eigenvalue weighted by Gasteiger charge is -2.23. The molecule has 178 valence electrons. The summed E-state index contributed by atoms with van der Waals surface area (Å²) in [5, 5.41) is 5.58. The van der Waals surface area contributed by atoms with Gasteiger partial charge < -0.3 is 24.7 Å². The van der Waals surface area contributed by atoms with Gasteiger partial charge in [0.2, 0.25) is 0 Å². The summed E-state index contributed by atoms with van der Waals surface area (Å²) in [5.41, 5.74) is -2.02. The third-order valence-electron chi connectivity index (χ3n) is 5.93. The minimum Gasteiger partial charge on any atom is -0.467 e. The number of esters is 1. The van der Waals surface area contributed by atoms with E-state index in [0.717, 1.165) is 0 Å². The zero-order chi connectivity index (χ0) is 24.6. The second kappa shape index (κ2) is 9.12. The number of carbonyl (C=O) groups is 2. The Kier molecular flexibility index (Phi) is 6.23. The average Bonchev–Trinajstić information content (AvgIpc) is 3.50. The minimum atomic E-state index is -0.892. The monoisotopic (exact) mass is 469 g/mol. The number of ether oxygens (including phenoxy) is 1. The highest BCUT2D eigenvalue weighted by Crippen LogP contribution is 2.29. The molecule has 10 heteroatoms. The minimum absolute atomic E-state index is 0.00739. The van der Waals surface area contributed by atoms with E-state index in [4.69, 9.17) is 9.15 Å². The molecule has 1 aliphatic heterocycles. The molecule has 0 radical (unpaired) electrons. The van der Waals surface area contributed by atoms with Crippen LogP contribution in [0.4, 0.5) is 21.5 Å². The first-order valence-electron chi connectivity index (χ1n) is 10.8. The maximum Gasteiger partial charge on any atom is 0.328 e. The maximum atomic E-state index is 15.3. The second-order valence-corrected chi connectivity index (χ2v) is 8.19. The van der Waals surface area contributed by atoms with Crippen molar-refractivity contribution >= 4 is 28.9 Å². The number of nitrogens with zero attached hydrogens (tertiary/aromatic N) is 1. The first-order valence-corrected chi connectivity index (χ1v) is 10.8. The number of hydrogen-bond donors (Lipinski definition) is 2. The molecule has 1 aliphatic rings. The van der Waals surface area contributed by atoms with Gasteiger partial charge in [0.1, 0.15) is 28.9 Å². The Labute approximate surface area is 194 Å². The lowest BCUT2D eigenvalue weighted by Crippen LogP contribution is -2.41. The van der Waals surface area contributed by atoms with Gasteiger partial charge in [0, 0.05) is 6.54 Å². The smallest absolute Gasteiger partial charge is 0.328 e.